The van der Waals surface area contributed by atoms with Gasteiger partial charge in [0.2, 0.25) is 0 Å². The number of nitrogen functional groups attached to an aromatic ring is 1. The van der Waals surface area contributed by atoms with Gasteiger partial charge in [-0.15, -0.1) is 0 Å². The lowest BCUT2D eigenvalue weighted by Gasteiger charge is -2.31. The van der Waals surface area contributed by atoms with E-state index in [0.29, 0.717) is 17.9 Å². The fourth-order valence-corrected chi connectivity index (χ4v) is 2.76. The Hall–Kier alpha value is -2.73. The highest BCUT2D eigenvalue weighted by molar-refractivity contribution is 5.82. The molecule has 0 fully saturated rings. The van der Waals surface area contributed by atoms with Crippen molar-refractivity contribution in [3.05, 3.63) is 47.5 Å². The van der Waals surface area contributed by atoms with Crippen molar-refractivity contribution in [1.29, 1.82) is 0 Å². The molecular formula is C17H20N4O2. The number of ether oxygens (including phenoxy) is 2. The first-order chi connectivity index (χ1) is 11.1. The molecule has 1 atom stereocenters. The number of hydrogen-bond acceptors (Lipinski definition) is 6. The maximum atomic E-state index is 6.59. The summed E-state index contributed by atoms with van der Waals surface area (Å²) in [6, 6.07) is 11.3. The molecule has 0 saturated carbocycles. The Kier molecular flexibility index (Phi) is 3.83. The quantitative estimate of drug-likeness (QED) is 0.751. The fourth-order valence-electron chi connectivity index (χ4n) is 2.76. The van der Waals surface area contributed by atoms with Crippen LogP contribution in [0, 0.1) is 0 Å². The average Bonchev–Trinajstić information content (AvgIpc) is 2.56. The summed E-state index contributed by atoms with van der Waals surface area (Å²) in [5.74, 6) is 1.45. The average molecular weight is 312 g/mol. The van der Waals surface area contributed by atoms with Gasteiger partial charge < -0.3 is 26.3 Å². The summed E-state index contributed by atoms with van der Waals surface area (Å²) in [5.41, 5.74) is 15.0. The Morgan fingerprint density at radius 2 is 1.96 bits per heavy atom. The molecule has 0 aliphatic carbocycles. The van der Waals surface area contributed by atoms with Gasteiger partial charge in [0.1, 0.15) is 17.2 Å². The van der Waals surface area contributed by atoms with E-state index in [-0.39, 0.29) is 0 Å². The molecule has 120 valence electrons. The van der Waals surface area contributed by atoms with Gasteiger partial charge in [-0.3, -0.25) is 0 Å². The molecule has 1 unspecified atom stereocenters. The second-order valence-corrected chi connectivity index (χ2v) is 5.49. The largest absolute Gasteiger partial charge is 0.497 e. The Bertz CT molecular complexity index is 760. The number of aliphatic imine (C=N–C) groups is 1. The molecular weight excluding hydrogens is 292 g/mol. The molecule has 0 bridgehead atoms. The molecule has 3 rings (SSSR count). The first kappa shape index (κ1) is 15.2. The minimum absolute atomic E-state index is 0.481. The van der Waals surface area contributed by atoms with Crippen molar-refractivity contribution in [1.82, 2.24) is 0 Å². The summed E-state index contributed by atoms with van der Waals surface area (Å²) in [6.45, 7) is 0. The zero-order chi connectivity index (χ0) is 16.4. The van der Waals surface area contributed by atoms with Gasteiger partial charge in [0, 0.05) is 29.4 Å². The van der Waals surface area contributed by atoms with E-state index in [4.69, 9.17) is 20.9 Å². The molecule has 1 aliphatic heterocycles. The maximum absolute atomic E-state index is 6.59. The van der Waals surface area contributed by atoms with Crippen molar-refractivity contribution < 1.29 is 9.47 Å². The third kappa shape index (κ3) is 2.80. The van der Waals surface area contributed by atoms with Crippen LogP contribution in [0.5, 0.6) is 11.5 Å². The molecule has 6 heteroatoms. The van der Waals surface area contributed by atoms with Crippen molar-refractivity contribution in [2.75, 3.05) is 25.3 Å². The van der Waals surface area contributed by atoms with Gasteiger partial charge in [-0.2, -0.15) is 0 Å². The molecule has 0 saturated heterocycles. The first-order valence-corrected chi connectivity index (χ1v) is 7.26. The van der Waals surface area contributed by atoms with E-state index in [9.17, 15) is 0 Å². The van der Waals surface area contributed by atoms with Crippen molar-refractivity contribution >= 4 is 17.7 Å². The zero-order valence-electron chi connectivity index (χ0n) is 13.2. The molecule has 1 aliphatic rings. The Morgan fingerprint density at radius 1 is 1.13 bits per heavy atom. The molecule has 0 aromatic heterocycles. The topological polar surface area (TPSA) is 94.9 Å². The van der Waals surface area contributed by atoms with E-state index in [1.165, 1.54) is 0 Å². The van der Waals surface area contributed by atoms with E-state index < -0.39 is 5.66 Å². The second kappa shape index (κ2) is 5.81. The van der Waals surface area contributed by atoms with Crippen molar-refractivity contribution in [2.45, 2.75) is 12.1 Å². The third-order valence-electron chi connectivity index (χ3n) is 3.98. The van der Waals surface area contributed by atoms with Crippen LogP contribution < -0.4 is 26.3 Å². The number of fused-ring (bicyclic) bond motifs is 1. The first-order valence-electron chi connectivity index (χ1n) is 7.26. The van der Waals surface area contributed by atoms with Gasteiger partial charge in [-0.1, -0.05) is 6.07 Å². The number of rotatable bonds is 4. The van der Waals surface area contributed by atoms with Gasteiger partial charge in [0.05, 0.1) is 20.6 Å². The second-order valence-electron chi connectivity index (χ2n) is 5.49. The van der Waals surface area contributed by atoms with Gasteiger partial charge in [-0.05, 0) is 29.8 Å². The number of hydrogen-bond donors (Lipinski definition) is 3. The van der Waals surface area contributed by atoms with Crippen LogP contribution in [0.4, 0.5) is 11.4 Å². The Balaban J connectivity index is 2.01. The van der Waals surface area contributed by atoms with Gasteiger partial charge in [-0.25, -0.2) is 4.99 Å². The molecule has 0 radical (unpaired) electrons. The summed E-state index contributed by atoms with van der Waals surface area (Å²) in [4.78, 5) is 4.46. The van der Waals surface area contributed by atoms with E-state index in [2.05, 4.69) is 10.3 Å². The summed E-state index contributed by atoms with van der Waals surface area (Å²) in [6.07, 6.45) is 2.10. The molecule has 1 heterocycles. The highest BCUT2D eigenvalue weighted by Gasteiger charge is 2.32. The lowest BCUT2D eigenvalue weighted by molar-refractivity contribution is 0.383. The van der Waals surface area contributed by atoms with Crippen LogP contribution in [-0.2, 0) is 12.1 Å². The van der Waals surface area contributed by atoms with E-state index in [1.807, 2.05) is 36.4 Å². The predicted molar refractivity (Wildman–Crippen MR) is 92.1 cm³/mol. The Morgan fingerprint density at radius 3 is 2.70 bits per heavy atom. The molecule has 2 aromatic carbocycles. The minimum Gasteiger partial charge on any atom is -0.497 e. The monoisotopic (exact) mass is 312 g/mol. The summed E-state index contributed by atoms with van der Waals surface area (Å²) >= 11 is 0. The number of nitrogens with zero attached hydrogens (tertiary/aromatic N) is 1. The van der Waals surface area contributed by atoms with Gasteiger partial charge in [0.15, 0.2) is 0 Å². The number of anilines is 2. The van der Waals surface area contributed by atoms with Crippen LogP contribution in [0.2, 0.25) is 0 Å². The van der Waals surface area contributed by atoms with Crippen molar-refractivity contribution in [2.24, 2.45) is 10.7 Å². The minimum atomic E-state index is -0.905. The highest BCUT2D eigenvalue weighted by atomic mass is 16.5. The van der Waals surface area contributed by atoms with Crippen molar-refractivity contribution in [3.8, 4) is 11.5 Å². The molecule has 2 aromatic rings. The van der Waals surface area contributed by atoms with E-state index in [0.717, 1.165) is 22.6 Å². The van der Waals surface area contributed by atoms with E-state index >= 15 is 0 Å². The lowest BCUT2D eigenvalue weighted by atomic mass is 9.90. The SMILES string of the molecule is COc1ccc(CC2(N)N=CNc3ccc(N)cc32)c(OC)c1. The standard InChI is InChI=1S/C17H20N4O2/c1-22-13-5-3-11(16(8-13)23-2)9-17(19)14-7-12(18)4-6-15(14)20-10-21-17/h3-8,10H,9,18-19H2,1-2H3,(H,20,21). The highest BCUT2D eigenvalue weighted by Crippen LogP contribution is 2.37. The third-order valence-corrected chi connectivity index (χ3v) is 3.98. The van der Waals surface area contributed by atoms with Crippen LogP contribution in [-0.4, -0.2) is 20.6 Å². The number of methoxy groups -OCH3 is 2. The molecule has 0 spiro atoms. The van der Waals surface area contributed by atoms with Crippen molar-refractivity contribution in [3.63, 3.8) is 0 Å². The maximum Gasteiger partial charge on any atom is 0.141 e. The summed E-state index contributed by atoms with van der Waals surface area (Å²) in [7, 11) is 3.24. The van der Waals surface area contributed by atoms with E-state index in [1.54, 1.807) is 20.6 Å². The zero-order valence-corrected chi connectivity index (χ0v) is 13.2. The van der Waals surface area contributed by atoms with Gasteiger partial charge >= 0.3 is 0 Å². The van der Waals surface area contributed by atoms with Crippen LogP contribution >= 0.6 is 0 Å². The summed E-state index contributed by atoms with van der Waals surface area (Å²) in [5, 5.41) is 3.10. The number of nitrogens with one attached hydrogen (secondary N) is 1. The predicted octanol–water partition coefficient (Wildman–Crippen LogP) is 2.09. The molecule has 5 N–H and O–H groups in total. The molecule has 0 amide bonds. The fraction of sp³-hybridized carbons (Fsp3) is 0.235. The number of benzene rings is 2. The number of nitrogens with two attached hydrogens (primary N) is 2. The van der Waals surface area contributed by atoms with Gasteiger partial charge in [0.25, 0.3) is 0 Å². The molecule has 23 heavy (non-hydrogen) atoms. The smallest absolute Gasteiger partial charge is 0.141 e. The van der Waals surface area contributed by atoms with Crippen LogP contribution in [0.15, 0.2) is 41.4 Å². The van der Waals surface area contributed by atoms with Crippen LogP contribution in [0.25, 0.3) is 0 Å². The van der Waals surface area contributed by atoms with Crippen LogP contribution in [0.3, 0.4) is 0 Å². The normalized spacial score (nSPS) is 18.9. The molecule has 6 nitrogen and oxygen atoms in total. The lowest BCUT2D eigenvalue weighted by Crippen LogP contribution is -2.40. The summed E-state index contributed by atoms with van der Waals surface area (Å²) < 4.78 is 10.7. The Labute approximate surface area is 135 Å². The van der Waals surface area contributed by atoms with Crippen LogP contribution in [0.1, 0.15) is 11.1 Å².